The van der Waals surface area contributed by atoms with Crippen molar-refractivity contribution in [2.45, 2.75) is 117 Å². The summed E-state index contributed by atoms with van der Waals surface area (Å²) in [5, 5.41) is 0. The number of hydrogen-bond donors (Lipinski definition) is 0. The van der Waals surface area contributed by atoms with Crippen molar-refractivity contribution in [1.29, 1.82) is 0 Å². The second kappa shape index (κ2) is 14.4. The molecule has 4 nitrogen and oxygen atoms in total. The molecule has 0 atom stereocenters. The second-order valence-electron chi connectivity index (χ2n) is 7.01. The van der Waals surface area contributed by atoms with E-state index in [2.05, 4.69) is 55.4 Å². The van der Waals surface area contributed by atoms with Crippen LogP contribution < -0.4 is 0 Å². The van der Waals surface area contributed by atoms with E-state index >= 15 is 0 Å². The van der Waals surface area contributed by atoms with Crippen molar-refractivity contribution < 1.29 is 18.9 Å². The molecule has 0 aromatic carbocycles. The van der Waals surface area contributed by atoms with Gasteiger partial charge in [0.1, 0.15) is 0 Å². The molecule has 0 spiro atoms. The van der Waals surface area contributed by atoms with Crippen LogP contribution in [0.3, 0.4) is 0 Å². The monoisotopic (exact) mass is 374 g/mol. The van der Waals surface area contributed by atoms with E-state index in [4.69, 9.17) is 18.9 Å². The lowest BCUT2D eigenvalue weighted by Gasteiger charge is -2.23. The number of rotatable bonds is 15. The minimum Gasteiger partial charge on any atom is -0.350 e. The summed E-state index contributed by atoms with van der Waals surface area (Å²) in [4.78, 5) is 0. The molecule has 142 valence electrons. The molecule has 0 amide bonds. The van der Waals surface area contributed by atoms with Gasteiger partial charge >= 0.3 is 0 Å². The third-order valence-corrected chi connectivity index (χ3v) is 5.75. The summed E-state index contributed by atoms with van der Waals surface area (Å²) in [5.41, 5.74) is 0. The summed E-state index contributed by atoms with van der Waals surface area (Å²) in [6.07, 6.45) is 0.719. The molecule has 0 bridgehead atoms. The van der Waals surface area contributed by atoms with Crippen LogP contribution in [-0.2, 0) is 18.9 Å². The molecule has 0 fully saturated rings. The number of ether oxygens (including phenoxy) is 4. The van der Waals surface area contributed by atoms with Gasteiger partial charge in [0.25, 0.3) is 0 Å². The fourth-order valence-electron chi connectivity index (χ4n) is 2.09. The molecular formula is C18H38O4Si2. The van der Waals surface area contributed by atoms with E-state index in [-0.39, 0.29) is 37.0 Å². The topological polar surface area (TPSA) is 36.9 Å². The second-order valence-corrected chi connectivity index (χ2v) is 9.82. The van der Waals surface area contributed by atoms with Crippen molar-refractivity contribution in [3.63, 3.8) is 0 Å². The maximum absolute atomic E-state index is 5.84. The average molecular weight is 375 g/mol. The van der Waals surface area contributed by atoms with E-state index in [0.717, 1.165) is 31.1 Å². The zero-order valence-electron chi connectivity index (χ0n) is 16.9. The van der Waals surface area contributed by atoms with Crippen LogP contribution >= 0.6 is 0 Å². The molecule has 0 aromatic heterocycles. The SMILES string of the molecule is CC(C)OC(C[Si]CC[Si]CC(OC(C)C)OC(C)C)OC(C)C. The van der Waals surface area contributed by atoms with E-state index in [0.29, 0.717) is 0 Å². The van der Waals surface area contributed by atoms with E-state index in [1.165, 1.54) is 12.1 Å². The lowest BCUT2D eigenvalue weighted by atomic mass is 10.4. The Morgan fingerprint density at radius 3 is 0.958 bits per heavy atom. The highest BCUT2D eigenvalue weighted by atomic mass is 28.2. The van der Waals surface area contributed by atoms with Gasteiger partial charge in [0.2, 0.25) is 0 Å². The normalized spacial score (nSPS) is 12.8. The van der Waals surface area contributed by atoms with Gasteiger partial charge in [-0.15, -0.1) is 0 Å². The Morgan fingerprint density at radius 2 is 0.750 bits per heavy atom. The van der Waals surface area contributed by atoms with E-state index in [1.807, 2.05) is 0 Å². The zero-order chi connectivity index (χ0) is 18.5. The minimum atomic E-state index is -0.0621. The largest absolute Gasteiger partial charge is 0.350 e. The summed E-state index contributed by atoms with van der Waals surface area (Å²) >= 11 is 0. The Bertz CT molecular complexity index is 238. The minimum absolute atomic E-state index is 0.0621. The Hall–Kier alpha value is 0.274. The molecule has 0 saturated heterocycles. The van der Waals surface area contributed by atoms with Crippen LogP contribution in [-0.4, -0.2) is 56.0 Å². The molecule has 0 N–H and O–H groups in total. The maximum atomic E-state index is 5.84. The van der Waals surface area contributed by atoms with Crippen LogP contribution in [0.5, 0.6) is 0 Å². The Labute approximate surface area is 155 Å². The first kappa shape index (κ1) is 24.3. The van der Waals surface area contributed by atoms with Gasteiger partial charge in [0, 0.05) is 19.0 Å². The van der Waals surface area contributed by atoms with Gasteiger partial charge in [-0.05, 0) is 67.5 Å². The first-order valence-electron chi connectivity index (χ1n) is 9.24. The number of hydrogen-bond acceptors (Lipinski definition) is 4. The van der Waals surface area contributed by atoms with E-state index in [1.54, 1.807) is 0 Å². The molecule has 0 unspecified atom stereocenters. The average Bonchev–Trinajstić information content (AvgIpc) is 2.39. The van der Waals surface area contributed by atoms with Gasteiger partial charge in [-0.25, -0.2) is 0 Å². The van der Waals surface area contributed by atoms with Gasteiger partial charge in [-0.1, -0.05) is 12.1 Å². The molecule has 4 radical (unpaired) electrons. The van der Waals surface area contributed by atoms with Crippen LogP contribution in [0, 0.1) is 0 Å². The fraction of sp³-hybridized carbons (Fsp3) is 1.00. The predicted molar refractivity (Wildman–Crippen MR) is 103 cm³/mol. The van der Waals surface area contributed by atoms with E-state index < -0.39 is 0 Å². The molecule has 0 aliphatic heterocycles. The van der Waals surface area contributed by atoms with Crippen LogP contribution in [0.4, 0.5) is 0 Å². The molecule has 0 aliphatic rings. The summed E-state index contributed by atoms with van der Waals surface area (Å²) < 4.78 is 23.4. The smallest absolute Gasteiger partial charge is 0.155 e. The molecule has 0 aliphatic carbocycles. The third kappa shape index (κ3) is 15.8. The Morgan fingerprint density at radius 1 is 0.500 bits per heavy atom. The van der Waals surface area contributed by atoms with Gasteiger partial charge < -0.3 is 18.9 Å². The highest BCUT2D eigenvalue weighted by molar-refractivity contribution is 6.42. The highest BCUT2D eigenvalue weighted by Gasteiger charge is 2.15. The zero-order valence-corrected chi connectivity index (χ0v) is 18.9. The molecule has 24 heavy (non-hydrogen) atoms. The first-order chi connectivity index (χ1) is 11.2. The highest BCUT2D eigenvalue weighted by Crippen LogP contribution is 2.12. The van der Waals surface area contributed by atoms with Crippen LogP contribution in [0.15, 0.2) is 0 Å². The van der Waals surface area contributed by atoms with Crippen molar-refractivity contribution in [1.82, 2.24) is 0 Å². The Kier molecular flexibility index (Phi) is 14.6. The van der Waals surface area contributed by atoms with Gasteiger partial charge in [-0.3, -0.25) is 0 Å². The van der Waals surface area contributed by atoms with Crippen molar-refractivity contribution in [2.24, 2.45) is 0 Å². The Balaban J connectivity index is 3.91. The fourth-order valence-corrected chi connectivity index (χ4v) is 4.77. The molecular weight excluding hydrogens is 336 g/mol. The van der Waals surface area contributed by atoms with Gasteiger partial charge in [-0.2, -0.15) is 0 Å². The predicted octanol–water partition coefficient (Wildman–Crippen LogP) is 4.42. The molecule has 0 heterocycles. The van der Waals surface area contributed by atoms with Crippen molar-refractivity contribution >= 4 is 19.0 Å². The van der Waals surface area contributed by atoms with Crippen LogP contribution in [0.2, 0.25) is 24.2 Å². The summed E-state index contributed by atoms with van der Waals surface area (Å²) in [7, 11) is 1.76. The molecule has 0 saturated carbocycles. The van der Waals surface area contributed by atoms with Crippen molar-refractivity contribution in [3.8, 4) is 0 Å². The van der Waals surface area contributed by atoms with Gasteiger partial charge in [0.15, 0.2) is 12.6 Å². The quantitative estimate of drug-likeness (QED) is 0.241. The van der Waals surface area contributed by atoms with Crippen LogP contribution in [0.1, 0.15) is 55.4 Å². The van der Waals surface area contributed by atoms with Crippen molar-refractivity contribution in [2.75, 3.05) is 0 Å². The lowest BCUT2D eigenvalue weighted by Crippen LogP contribution is -2.26. The molecule has 6 heteroatoms. The standard InChI is InChI=1S/C18H38O4Si2/c1-13(2)19-17(20-14(3)4)11-23-9-10-24-12-18(21-15(5)6)22-16(7)8/h13-18H,9-12H2,1-8H3. The molecule has 0 rings (SSSR count). The molecule has 0 aromatic rings. The third-order valence-electron chi connectivity index (χ3n) is 2.80. The van der Waals surface area contributed by atoms with Crippen molar-refractivity contribution in [3.05, 3.63) is 0 Å². The first-order valence-corrected chi connectivity index (χ1v) is 12.1. The van der Waals surface area contributed by atoms with Gasteiger partial charge in [0.05, 0.1) is 24.4 Å². The lowest BCUT2D eigenvalue weighted by molar-refractivity contribution is -0.170. The summed E-state index contributed by atoms with van der Waals surface area (Å²) in [6, 6.07) is 4.45. The summed E-state index contributed by atoms with van der Waals surface area (Å²) in [5.74, 6) is 0. The summed E-state index contributed by atoms with van der Waals surface area (Å²) in [6.45, 7) is 16.5. The van der Waals surface area contributed by atoms with Crippen LogP contribution in [0.25, 0.3) is 0 Å². The van der Waals surface area contributed by atoms with E-state index in [9.17, 15) is 0 Å². The maximum Gasteiger partial charge on any atom is 0.155 e.